The molecule has 0 aliphatic rings. The van der Waals surface area contributed by atoms with Crippen molar-refractivity contribution in [3.05, 3.63) is 16.2 Å². The van der Waals surface area contributed by atoms with Crippen LogP contribution in [0.3, 0.4) is 0 Å². The van der Waals surface area contributed by atoms with Crippen LogP contribution in [0.15, 0.2) is 6.07 Å². The minimum atomic E-state index is -0.990. The molecule has 0 radical (unpaired) electrons. The first-order valence-electron chi connectivity index (χ1n) is 3.05. The molecule has 0 aliphatic heterocycles. The van der Waals surface area contributed by atoms with Crippen molar-refractivity contribution >= 4 is 39.3 Å². The molecule has 0 spiro atoms. The maximum Gasteiger partial charge on any atom is 0.352 e. The number of hydrogen-bond donors (Lipinski definition) is 2. The van der Waals surface area contributed by atoms with E-state index in [0.29, 0.717) is 10.1 Å². The third kappa shape index (κ3) is 1.07. The lowest BCUT2D eigenvalue weighted by atomic mass is 10.4. The van der Waals surface area contributed by atoms with Crippen LogP contribution in [-0.2, 0) is 0 Å². The molecule has 12 heavy (non-hydrogen) atoms. The highest BCUT2D eigenvalue weighted by molar-refractivity contribution is 7.22. The van der Waals surface area contributed by atoms with Crippen LogP contribution in [0.4, 0.5) is 0 Å². The van der Waals surface area contributed by atoms with E-state index in [0.717, 1.165) is 4.70 Å². The number of aromatic nitrogens is 2. The molecule has 2 aromatic heterocycles. The second kappa shape index (κ2) is 2.46. The average molecular weight is 203 g/mol. The lowest BCUT2D eigenvalue weighted by molar-refractivity contribution is 0.0691. The van der Waals surface area contributed by atoms with Crippen LogP contribution < -0.4 is 0 Å². The van der Waals surface area contributed by atoms with Gasteiger partial charge < -0.3 is 10.1 Å². The zero-order chi connectivity index (χ0) is 8.72. The fraction of sp³-hybridized carbons (Fsp3) is 0. The zero-order valence-corrected chi connectivity index (χ0v) is 7.24. The minimum absolute atomic E-state index is 0.139. The van der Waals surface area contributed by atoms with Crippen molar-refractivity contribution in [1.29, 1.82) is 0 Å². The smallest absolute Gasteiger partial charge is 0.352 e. The van der Waals surface area contributed by atoms with E-state index in [2.05, 4.69) is 9.97 Å². The third-order valence-electron chi connectivity index (χ3n) is 1.39. The molecule has 2 N–H and O–H groups in total. The number of nitrogens with zero attached hydrogens (tertiary/aromatic N) is 1. The summed E-state index contributed by atoms with van der Waals surface area (Å²) in [5.41, 5.74) is 0.669. The second-order valence-corrected chi connectivity index (χ2v) is 3.78. The molecule has 0 unspecified atom stereocenters. The first kappa shape index (κ1) is 7.57. The van der Waals surface area contributed by atoms with E-state index >= 15 is 0 Å². The van der Waals surface area contributed by atoms with Gasteiger partial charge in [-0.05, 0) is 6.07 Å². The standard InChI is InChI=1S/C6H3ClN2O2S/c7-6-9-4-3(12-6)1-2(8-4)5(10)11/h1,8H,(H,10,11). The van der Waals surface area contributed by atoms with Gasteiger partial charge in [0, 0.05) is 0 Å². The van der Waals surface area contributed by atoms with Gasteiger partial charge in [-0.2, -0.15) is 0 Å². The first-order chi connectivity index (χ1) is 5.66. The molecule has 62 valence electrons. The number of nitrogens with one attached hydrogen (secondary N) is 1. The predicted octanol–water partition coefficient (Wildman–Crippen LogP) is 1.98. The molecule has 0 saturated heterocycles. The second-order valence-electron chi connectivity index (χ2n) is 2.17. The van der Waals surface area contributed by atoms with Crippen LogP contribution in [0.2, 0.25) is 4.47 Å². The molecule has 6 heteroatoms. The molecule has 0 amide bonds. The summed E-state index contributed by atoms with van der Waals surface area (Å²) in [6, 6.07) is 1.52. The number of rotatable bonds is 1. The largest absolute Gasteiger partial charge is 0.477 e. The molecule has 2 rings (SSSR count). The average Bonchev–Trinajstić information content (AvgIpc) is 2.42. The highest BCUT2D eigenvalue weighted by Crippen LogP contribution is 2.25. The maximum absolute atomic E-state index is 10.5. The lowest BCUT2D eigenvalue weighted by Crippen LogP contribution is -1.95. The van der Waals surface area contributed by atoms with Crippen molar-refractivity contribution < 1.29 is 9.90 Å². The van der Waals surface area contributed by atoms with E-state index in [-0.39, 0.29) is 5.69 Å². The number of H-pyrrole nitrogens is 1. The Balaban J connectivity index is 2.64. The lowest BCUT2D eigenvalue weighted by Gasteiger charge is -1.82. The summed E-state index contributed by atoms with van der Waals surface area (Å²) < 4.78 is 1.17. The van der Waals surface area contributed by atoms with Gasteiger partial charge in [-0.1, -0.05) is 11.6 Å². The van der Waals surface area contributed by atoms with Crippen LogP contribution in [0.1, 0.15) is 10.5 Å². The Bertz CT molecular complexity index is 416. The number of carboxylic acids is 1. The van der Waals surface area contributed by atoms with Gasteiger partial charge in [0.25, 0.3) is 0 Å². The Hall–Kier alpha value is -1.07. The van der Waals surface area contributed by atoms with E-state index in [9.17, 15) is 4.79 Å². The van der Waals surface area contributed by atoms with Crippen LogP contribution in [0.5, 0.6) is 0 Å². The Morgan fingerprint density at radius 1 is 1.75 bits per heavy atom. The molecule has 0 bridgehead atoms. The van der Waals surface area contributed by atoms with E-state index < -0.39 is 5.97 Å². The van der Waals surface area contributed by atoms with Crippen molar-refractivity contribution in [3.63, 3.8) is 0 Å². The van der Waals surface area contributed by atoms with Gasteiger partial charge in [-0.15, -0.1) is 11.3 Å². The molecule has 4 nitrogen and oxygen atoms in total. The van der Waals surface area contributed by atoms with Crippen LogP contribution >= 0.6 is 22.9 Å². The third-order valence-corrected chi connectivity index (χ3v) is 2.49. The summed E-state index contributed by atoms with van der Waals surface area (Å²) in [6.07, 6.45) is 0. The number of fused-ring (bicyclic) bond motifs is 1. The minimum Gasteiger partial charge on any atom is -0.477 e. The first-order valence-corrected chi connectivity index (χ1v) is 4.24. The molecular formula is C6H3ClN2O2S. The Morgan fingerprint density at radius 3 is 3.08 bits per heavy atom. The van der Waals surface area contributed by atoms with E-state index in [4.69, 9.17) is 16.7 Å². The molecule has 0 aliphatic carbocycles. The van der Waals surface area contributed by atoms with Gasteiger partial charge in [-0.25, -0.2) is 9.78 Å². The molecule has 0 atom stereocenters. The van der Waals surface area contributed by atoms with Gasteiger partial charge >= 0.3 is 5.97 Å². The van der Waals surface area contributed by atoms with Crippen molar-refractivity contribution in [1.82, 2.24) is 9.97 Å². The SMILES string of the molecule is O=C(O)c1cc2sc(Cl)nc2[nH]1. The number of aromatic amines is 1. The summed E-state index contributed by atoms with van der Waals surface area (Å²) in [6.45, 7) is 0. The Kier molecular flexibility index (Phi) is 1.55. The predicted molar refractivity (Wildman–Crippen MR) is 45.9 cm³/mol. The van der Waals surface area contributed by atoms with E-state index in [1.807, 2.05) is 0 Å². The molecule has 0 fully saturated rings. The van der Waals surface area contributed by atoms with Gasteiger partial charge in [0.1, 0.15) is 5.69 Å². The summed E-state index contributed by atoms with van der Waals surface area (Å²) in [4.78, 5) is 17.0. The topological polar surface area (TPSA) is 66.0 Å². The summed E-state index contributed by atoms with van der Waals surface area (Å²) in [5.74, 6) is -0.990. The highest BCUT2D eigenvalue weighted by Gasteiger charge is 2.10. The maximum atomic E-state index is 10.5. The zero-order valence-electron chi connectivity index (χ0n) is 5.67. The van der Waals surface area contributed by atoms with Gasteiger partial charge in [-0.3, -0.25) is 0 Å². The fourth-order valence-electron chi connectivity index (χ4n) is 0.902. The molecule has 0 saturated carbocycles. The fourth-order valence-corrected chi connectivity index (χ4v) is 1.92. The molecule has 2 heterocycles. The van der Waals surface area contributed by atoms with Crippen molar-refractivity contribution in [3.8, 4) is 0 Å². The Labute approximate surface area is 75.8 Å². The summed E-state index contributed by atoms with van der Waals surface area (Å²) >= 11 is 6.85. The number of carbonyl (C=O) groups is 1. The summed E-state index contributed by atoms with van der Waals surface area (Å²) in [7, 11) is 0. The number of hydrogen-bond acceptors (Lipinski definition) is 3. The van der Waals surface area contributed by atoms with Gasteiger partial charge in [0.05, 0.1) is 4.70 Å². The van der Waals surface area contributed by atoms with Crippen molar-refractivity contribution in [2.24, 2.45) is 0 Å². The van der Waals surface area contributed by atoms with Crippen molar-refractivity contribution in [2.45, 2.75) is 0 Å². The van der Waals surface area contributed by atoms with Gasteiger partial charge in [0.15, 0.2) is 10.1 Å². The molecular weight excluding hydrogens is 200 g/mol. The van der Waals surface area contributed by atoms with Crippen LogP contribution in [0.25, 0.3) is 10.3 Å². The molecule has 0 aromatic carbocycles. The number of carboxylic acid groups (broad SMARTS) is 1. The monoisotopic (exact) mass is 202 g/mol. The van der Waals surface area contributed by atoms with Gasteiger partial charge in [0.2, 0.25) is 0 Å². The summed E-state index contributed by atoms with van der Waals surface area (Å²) in [5, 5.41) is 8.59. The number of halogens is 1. The van der Waals surface area contributed by atoms with Crippen LogP contribution in [0, 0.1) is 0 Å². The normalized spacial score (nSPS) is 10.8. The molecule has 2 aromatic rings. The highest BCUT2D eigenvalue weighted by atomic mass is 35.5. The van der Waals surface area contributed by atoms with E-state index in [1.54, 1.807) is 0 Å². The number of aromatic carboxylic acids is 1. The Morgan fingerprint density at radius 2 is 2.50 bits per heavy atom. The number of thiazole rings is 1. The van der Waals surface area contributed by atoms with E-state index in [1.165, 1.54) is 17.4 Å². The van der Waals surface area contributed by atoms with Crippen LogP contribution in [-0.4, -0.2) is 21.0 Å². The van der Waals surface area contributed by atoms with Crippen molar-refractivity contribution in [2.75, 3.05) is 0 Å². The quantitative estimate of drug-likeness (QED) is 0.743.